The summed E-state index contributed by atoms with van der Waals surface area (Å²) in [7, 11) is 0. The van der Waals surface area contributed by atoms with E-state index in [2.05, 4.69) is 15.6 Å². The van der Waals surface area contributed by atoms with Crippen LogP contribution in [0.15, 0.2) is 6.20 Å². The molecule has 18 heavy (non-hydrogen) atoms. The van der Waals surface area contributed by atoms with Gasteiger partial charge in [0, 0.05) is 6.54 Å². The largest absolute Gasteiger partial charge is 0.480 e. The van der Waals surface area contributed by atoms with Gasteiger partial charge in [0.15, 0.2) is 0 Å². The quantitative estimate of drug-likeness (QED) is 0.580. The van der Waals surface area contributed by atoms with Gasteiger partial charge >= 0.3 is 5.97 Å². The average Bonchev–Trinajstić information content (AvgIpc) is 2.76. The van der Waals surface area contributed by atoms with Crippen molar-refractivity contribution < 1.29 is 14.7 Å². The molecule has 0 aliphatic carbocycles. The molecule has 4 N–H and O–H groups in total. The second-order valence-corrected chi connectivity index (χ2v) is 3.86. The number of amides is 1. The van der Waals surface area contributed by atoms with E-state index in [1.165, 1.54) is 4.68 Å². The van der Waals surface area contributed by atoms with Gasteiger partial charge in [0.05, 0.1) is 11.9 Å². The molecule has 8 nitrogen and oxygen atoms in total. The fourth-order valence-corrected chi connectivity index (χ4v) is 1.44. The lowest BCUT2D eigenvalue weighted by molar-refractivity contribution is -0.142. The second kappa shape index (κ2) is 6.70. The van der Waals surface area contributed by atoms with Crippen LogP contribution in [0, 0.1) is 0 Å². The number of nitrogens with zero attached hydrogens (tertiary/aromatic N) is 3. The van der Waals surface area contributed by atoms with Crippen molar-refractivity contribution in [2.45, 2.75) is 38.9 Å². The molecule has 1 rings (SSSR count). The number of aliphatic carboxylic acids is 1. The highest BCUT2D eigenvalue weighted by Crippen LogP contribution is 1.97. The number of carboxylic acid groups (broad SMARTS) is 1. The first kappa shape index (κ1) is 14.1. The van der Waals surface area contributed by atoms with Gasteiger partial charge in [-0.25, -0.2) is 9.48 Å². The molecule has 1 unspecified atom stereocenters. The number of nitrogens with two attached hydrogens (primary N) is 1. The van der Waals surface area contributed by atoms with Gasteiger partial charge in [-0.1, -0.05) is 18.6 Å². The Bertz CT molecular complexity index is 417. The minimum absolute atomic E-state index is 0.0690. The minimum atomic E-state index is -1.04. The molecule has 1 atom stereocenters. The van der Waals surface area contributed by atoms with Gasteiger partial charge in [0.2, 0.25) is 5.91 Å². The standard InChI is InChI=1S/C10H17N5O3/c1-2-3-8(10(17)18)12-9(16)6-15-5-7(4-11)13-14-15/h5,8H,2-4,6,11H2,1H3,(H,12,16)(H,17,18). The molecule has 0 aliphatic rings. The van der Waals surface area contributed by atoms with E-state index in [-0.39, 0.29) is 13.1 Å². The predicted molar refractivity (Wildman–Crippen MR) is 62.4 cm³/mol. The van der Waals surface area contributed by atoms with Crippen molar-refractivity contribution >= 4 is 11.9 Å². The van der Waals surface area contributed by atoms with Gasteiger partial charge in [-0.05, 0) is 6.42 Å². The topological polar surface area (TPSA) is 123 Å². The number of carbonyl (C=O) groups is 2. The molecule has 100 valence electrons. The van der Waals surface area contributed by atoms with Crippen LogP contribution in [-0.4, -0.2) is 38.0 Å². The van der Waals surface area contributed by atoms with Crippen LogP contribution in [-0.2, 0) is 22.7 Å². The Morgan fingerprint density at radius 2 is 2.33 bits per heavy atom. The zero-order valence-electron chi connectivity index (χ0n) is 10.2. The average molecular weight is 255 g/mol. The highest BCUT2D eigenvalue weighted by molar-refractivity contribution is 5.83. The smallest absolute Gasteiger partial charge is 0.326 e. The molecule has 0 aromatic carbocycles. The van der Waals surface area contributed by atoms with Crippen molar-refractivity contribution in [2.75, 3.05) is 0 Å². The van der Waals surface area contributed by atoms with Gasteiger partial charge < -0.3 is 16.2 Å². The third-order valence-corrected chi connectivity index (χ3v) is 2.31. The summed E-state index contributed by atoms with van der Waals surface area (Å²) in [5.74, 6) is -1.45. The van der Waals surface area contributed by atoms with E-state index in [4.69, 9.17) is 10.8 Å². The van der Waals surface area contributed by atoms with Crippen LogP contribution in [0.2, 0.25) is 0 Å². The molecular weight excluding hydrogens is 238 g/mol. The van der Waals surface area contributed by atoms with E-state index >= 15 is 0 Å². The summed E-state index contributed by atoms with van der Waals surface area (Å²) in [4.78, 5) is 22.5. The lowest BCUT2D eigenvalue weighted by Gasteiger charge is -2.13. The Hall–Kier alpha value is -1.96. The molecule has 1 aromatic heterocycles. The fraction of sp³-hybridized carbons (Fsp3) is 0.600. The number of hydrogen-bond acceptors (Lipinski definition) is 5. The van der Waals surface area contributed by atoms with Gasteiger partial charge in [0.25, 0.3) is 0 Å². The SMILES string of the molecule is CCCC(NC(=O)Cn1cc(CN)nn1)C(=O)O. The maximum Gasteiger partial charge on any atom is 0.326 e. The molecule has 0 saturated heterocycles. The molecule has 1 aromatic rings. The van der Waals surface area contributed by atoms with Crippen molar-refractivity contribution in [1.29, 1.82) is 0 Å². The first-order valence-corrected chi connectivity index (χ1v) is 5.68. The molecule has 0 radical (unpaired) electrons. The summed E-state index contributed by atoms with van der Waals surface area (Å²) in [5.41, 5.74) is 5.94. The third-order valence-electron chi connectivity index (χ3n) is 2.31. The van der Waals surface area contributed by atoms with Crippen LogP contribution < -0.4 is 11.1 Å². The summed E-state index contributed by atoms with van der Waals surface area (Å²) >= 11 is 0. The summed E-state index contributed by atoms with van der Waals surface area (Å²) in [6, 6.07) is -0.861. The molecule has 0 spiro atoms. The number of rotatable bonds is 7. The van der Waals surface area contributed by atoms with Gasteiger partial charge in [-0.2, -0.15) is 0 Å². The lowest BCUT2D eigenvalue weighted by Crippen LogP contribution is -2.42. The van der Waals surface area contributed by atoms with Crippen LogP contribution >= 0.6 is 0 Å². The van der Waals surface area contributed by atoms with Crippen LogP contribution in [0.4, 0.5) is 0 Å². The number of carbonyl (C=O) groups excluding carboxylic acids is 1. The highest BCUT2D eigenvalue weighted by atomic mass is 16.4. The normalized spacial score (nSPS) is 12.1. The van der Waals surface area contributed by atoms with Crippen molar-refractivity contribution in [1.82, 2.24) is 20.3 Å². The molecule has 0 saturated carbocycles. The van der Waals surface area contributed by atoms with E-state index in [0.29, 0.717) is 18.5 Å². The molecule has 8 heteroatoms. The first-order chi connectivity index (χ1) is 8.56. The fourth-order valence-electron chi connectivity index (χ4n) is 1.44. The molecule has 0 fully saturated rings. The Labute approximate surface area is 104 Å². The van der Waals surface area contributed by atoms with Crippen LogP contribution in [0.5, 0.6) is 0 Å². The van der Waals surface area contributed by atoms with Crippen molar-refractivity contribution in [3.63, 3.8) is 0 Å². The van der Waals surface area contributed by atoms with E-state index < -0.39 is 17.9 Å². The summed E-state index contributed by atoms with van der Waals surface area (Å²) in [6.45, 7) is 2.03. The van der Waals surface area contributed by atoms with Crippen LogP contribution in [0.25, 0.3) is 0 Å². The van der Waals surface area contributed by atoms with E-state index in [0.717, 1.165) is 0 Å². The van der Waals surface area contributed by atoms with Crippen molar-refractivity contribution in [3.8, 4) is 0 Å². The zero-order chi connectivity index (χ0) is 13.5. The molecule has 0 aliphatic heterocycles. The number of carboxylic acids is 1. The summed E-state index contributed by atoms with van der Waals surface area (Å²) in [5, 5.41) is 18.8. The Morgan fingerprint density at radius 1 is 1.61 bits per heavy atom. The Balaban J connectivity index is 2.51. The number of aromatic nitrogens is 3. The molecular formula is C10H17N5O3. The van der Waals surface area contributed by atoms with Crippen LogP contribution in [0.3, 0.4) is 0 Å². The monoisotopic (exact) mass is 255 g/mol. The van der Waals surface area contributed by atoms with Crippen molar-refractivity contribution in [3.05, 3.63) is 11.9 Å². The van der Waals surface area contributed by atoms with E-state index in [1.54, 1.807) is 6.20 Å². The second-order valence-electron chi connectivity index (χ2n) is 3.86. The van der Waals surface area contributed by atoms with Crippen LogP contribution in [0.1, 0.15) is 25.5 Å². The Morgan fingerprint density at radius 3 is 2.83 bits per heavy atom. The molecule has 1 amide bonds. The third kappa shape index (κ3) is 4.13. The predicted octanol–water partition coefficient (Wildman–Crippen LogP) is -0.894. The first-order valence-electron chi connectivity index (χ1n) is 5.68. The van der Waals surface area contributed by atoms with Gasteiger partial charge in [-0.15, -0.1) is 5.10 Å². The highest BCUT2D eigenvalue weighted by Gasteiger charge is 2.18. The zero-order valence-corrected chi connectivity index (χ0v) is 10.2. The van der Waals surface area contributed by atoms with Gasteiger partial charge in [0.1, 0.15) is 12.6 Å². The number of nitrogens with one attached hydrogen (secondary N) is 1. The molecule has 0 bridgehead atoms. The lowest BCUT2D eigenvalue weighted by atomic mass is 10.1. The number of hydrogen-bond donors (Lipinski definition) is 3. The maximum atomic E-state index is 11.6. The Kier molecular flexibility index (Phi) is 5.25. The van der Waals surface area contributed by atoms with E-state index in [9.17, 15) is 9.59 Å². The van der Waals surface area contributed by atoms with E-state index in [1.807, 2.05) is 6.92 Å². The van der Waals surface area contributed by atoms with Crippen molar-refractivity contribution in [2.24, 2.45) is 5.73 Å². The minimum Gasteiger partial charge on any atom is -0.480 e. The summed E-state index contributed by atoms with van der Waals surface area (Å²) < 4.78 is 1.32. The van der Waals surface area contributed by atoms with Gasteiger partial charge in [-0.3, -0.25) is 4.79 Å². The maximum absolute atomic E-state index is 11.6. The molecule has 1 heterocycles. The summed E-state index contributed by atoms with van der Waals surface area (Å²) in [6.07, 6.45) is 2.62.